The van der Waals surface area contributed by atoms with Crippen LogP contribution in [0.4, 0.5) is 4.39 Å². The van der Waals surface area contributed by atoms with Gasteiger partial charge < -0.3 is 9.31 Å². The molecule has 0 saturated carbocycles. The van der Waals surface area contributed by atoms with Crippen molar-refractivity contribution in [2.24, 2.45) is 0 Å². The molecule has 0 N–H and O–H groups in total. The standard InChI is InChI=1S/C14H18BFO3/c1-13(2)14(3,4)19-15(18-13)11-7-5-10(6-8-11)12(17)9-16/h5-8H,9H2,1-4H3. The fraction of sp³-hybridized carbons (Fsp3) is 0.500. The number of alkyl halides is 1. The summed E-state index contributed by atoms with van der Waals surface area (Å²) in [7, 11) is -0.459. The highest BCUT2D eigenvalue weighted by Crippen LogP contribution is 2.36. The first-order chi connectivity index (χ1) is 8.77. The van der Waals surface area contributed by atoms with Gasteiger partial charge in [0.05, 0.1) is 11.2 Å². The summed E-state index contributed by atoms with van der Waals surface area (Å²) in [5.74, 6) is -0.513. The maximum atomic E-state index is 12.3. The topological polar surface area (TPSA) is 35.5 Å². The molecule has 1 heterocycles. The van der Waals surface area contributed by atoms with Crippen molar-refractivity contribution >= 4 is 18.4 Å². The quantitative estimate of drug-likeness (QED) is 0.619. The molecule has 0 spiro atoms. The van der Waals surface area contributed by atoms with Crippen LogP contribution in [0.3, 0.4) is 0 Å². The van der Waals surface area contributed by atoms with Crippen LogP contribution in [0.2, 0.25) is 0 Å². The summed E-state index contributed by atoms with van der Waals surface area (Å²) in [5.41, 5.74) is 0.396. The molecule has 0 amide bonds. The van der Waals surface area contributed by atoms with Gasteiger partial charge in [0.1, 0.15) is 0 Å². The summed E-state index contributed by atoms with van der Waals surface area (Å²) in [6.45, 7) is 6.94. The van der Waals surface area contributed by atoms with Gasteiger partial charge in [-0.15, -0.1) is 0 Å². The van der Waals surface area contributed by atoms with E-state index >= 15 is 0 Å². The van der Waals surface area contributed by atoms with E-state index in [2.05, 4.69) is 0 Å². The molecule has 1 aromatic rings. The Bertz CT molecular complexity index is 466. The second-order valence-corrected chi connectivity index (χ2v) is 5.77. The zero-order valence-corrected chi connectivity index (χ0v) is 11.7. The van der Waals surface area contributed by atoms with E-state index in [0.717, 1.165) is 5.46 Å². The zero-order chi connectivity index (χ0) is 14.3. The van der Waals surface area contributed by atoms with Crippen LogP contribution in [0.5, 0.6) is 0 Å². The summed E-state index contributed by atoms with van der Waals surface area (Å²) in [4.78, 5) is 11.2. The van der Waals surface area contributed by atoms with Crippen molar-refractivity contribution in [3.8, 4) is 0 Å². The number of hydrogen-bond acceptors (Lipinski definition) is 3. The fourth-order valence-corrected chi connectivity index (χ4v) is 1.88. The minimum absolute atomic E-state index is 0.364. The molecule has 1 aliphatic rings. The van der Waals surface area contributed by atoms with Gasteiger partial charge in [-0.25, -0.2) is 4.39 Å². The van der Waals surface area contributed by atoms with Crippen molar-refractivity contribution in [2.75, 3.05) is 6.67 Å². The molecule has 102 valence electrons. The third-order valence-electron chi connectivity index (χ3n) is 3.88. The van der Waals surface area contributed by atoms with Crippen LogP contribution in [0, 0.1) is 0 Å². The van der Waals surface area contributed by atoms with Crippen molar-refractivity contribution < 1.29 is 18.5 Å². The average molecular weight is 264 g/mol. The van der Waals surface area contributed by atoms with Crippen LogP contribution >= 0.6 is 0 Å². The molecular weight excluding hydrogens is 246 g/mol. The average Bonchev–Trinajstić information content (AvgIpc) is 2.58. The molecule has 1 saturated heterocycles. The first kappa shape index (κ1) is 14.2. The van der Waals surface area contributed by atoms with Crippen molar-refractivity contribution in [1.82, 2.24) is 0 Å². The lowest BCUT2D eigenvalue weighted by Crippen LogP contribution is -2.41. The van der Waals surface area contributed by atoms with Gasteiger partial charge >= 0.3 is 7.12 Å². The smallest absolute Gasteiger partial charge is 0.399 e. The minimum atomic E-state index is -0.976. The first-order valence-electron chi connectivity index (χ1n) is 6.31. The predicted octanol–water partition coefficient (Wildman–Crippen LogP) is 2.14. The van der Waals surface area contributed by atoms with Gasteiger partial charge in [-0.3, -0.25) is 4.79 Å². The number of hydrogen-bond donors (Lipinski definition) is 0. The molecule has 0 bridgehead atoms. The Labute approximate surface area is 113 Å². The SMILES string of the molecule is CC1(C)OB(c2ccc(C(=O)CF)cc2)OC1(C)C. The van der Waals surface area contributed by atoms with Gasteiger partial charge in [-0.1, -0.05) is 24.3 Å². The Morgan fingerprint density at radius 3 is 2.00 bits per heavy atom. The predicted molar refractivity (Wildman–Crippen MR) is 72.5 cm³/mol. The van der Waals surface area contributed by atoms with Gasteiger partial charge in [-0.05, 0) is 33.2 Å². The van der Waals surface area contributed by atoms with E-state index in [-0.39, 0.29) is 0 Å². The molecule has 1 aliphatic heterocycles. The lowest BCUT2D eigenvalue weighted by Gasteiger charge is -2.32. The van der Waals surface area contributed by atoms with Crippen LogP contribution in [-0.4, -0.2) is 30.8 Å². The second-order valence-electron chi connectivity index (χ2n) is 5.77. The van der Waals surface area contributed by atoms with E-state index in [9.17, 15) is 9.18 Å². The Morgan fingerprint density at radius 1 is 1.11 bits per heavy atom. The summed E-state index contributed by atoms with van der Waals surface area (Å²) < 4.78 is 24.1. The van der Waals surface area contributed by atoms with Crippen molar-refractivity contribution in [3.05, 3.63) is 29.8 Å². The zero-order valence-electron chi connectivity index (χ0n) is 11.7. The van der Waals surface area contributed by atoms with Gasteiger partial charge in [-0.2, -0.15) is 0 Å². The summed E-state index contributed by atoms with van der Waals surface area (Å²) >= 11 is 0. The molecule has 0 radical (unpaired) electrons. The summed E-state index contributed by atoms with van der Waals surface area (Å²) in [6.07, 6.45) is 0. The Hall–Kier alpha value is -1.20. The van der Waals surface area contributed by atoms with Gasteiger partial charge in [0.25, 0.3) is 0 Å². The van der Waals surface area contributed by atoms with Crippen LogP contribution in [0.1, 0.15) is 38.1 Å². The Balaban J connectivity index is 2.19. The van der Waals surface area contributed by atoms with E-state index in [0.29, 0.717) is 5.56 Å². The van der Waals surface area contributed by atoms with Crippen LogP contribution in [0.25, 0.3) is 0 Å². The molecule has 0 atom stereocenters. The number of halogens is 1. The monoisotopic (exact) mass is 264 g/mol. The van der Waals surface area contributed by atoms with Crippen molar-refractivity contribution in [3.63, 3.8) is 0 Å². The van der Waals surface area contributed by atoms with E-state index in [1.165, 1.54) is 0 Å². The summed E-state index contributed by atoms with van der Waals surface area (Å²) in [6, 6.07) is 6.68. The highest BCUT2D eigenvalue weighted by Gasteiger charge is 2.51. The van der Waals surface area contributed by atoms with Gasteiger partial charge in [0.15, 0.2) is 12.5 Å². The largest absolute Gasteiger partial charge is 0.494 e. The molecule has 0 aliphatic carbocycles. The number of Topliss-reactive ketones (excluding diaryl/α,β-unsaturated/α-hetero) is 1. The molecule has 0 aromatic heterocycles. The molecule has 2 rings (SSSR count). The highest BCUT2D eigenvalue weighted by molar-refractivity contribution is 6.62. The minimum Gasteiger partial charge on any atom is -0.399 e. The van der Waals surface area contributed by atoms with Gasteiger partial charge in [0, 0.05) is 5.56 Å². The van der Waals surface area contributed by atoms with Crippen LogP contribution < -0.4 is 5.46 Å². The van der Waals surface area contributed by atoms with Crippen molar-refractivity contribution in [1.29, 1.82) is 0 Å². The lowest BCUT2D eigenvalue weighted by atomic mass is 9.79. The molecule has 19 heavy (non-hydrogen) atoms. The van der Waals surface area contributed by atoms with E-state index in [4.69, 9.17) is 9.31 Å². The molecule has 1 fully saturated rings. The number of rotatable bonds is 3. The molecule has 5 heteroatoms. The van der Waals surface area contributed by atoms with Crippen LogP contribution in [0.15, 0.2) is 24.3 Å². The van der Waals surface area contributed by atoms with Crippen LogP contribution in [-0.2, 0) is 9.31 Å². The van der Waals surface area contributed by atoms with E-state index < -0.39 is 30.8 Å². The number of carbonyl (C=O) groups is 1. The second kappa shape index (κ2) is 4.73. The first-order valence-corrected chi connectivity index (χ1v) is 6.31. The molecular formula is C14H18BFO3. The van der Waals surface area contributed by atoms with E-state index in [1.807, 2.05) is 27.7 Å². The van der Waals surface area contributed by atoms with Crippen molar-refractivity contribution in [2.45, 2.75) is 38.9 Å². The Kier molecular flexibility index (Phi) is 3.54. The highest BCUT2D eigenvalue weighted by atomic mass is 19.1. The number of ketones is 1. The number of carbonyl (C=O) groups excluding carboxylic acids is 1. The molecule has 1 aromatic carbocycles. The third kappa shape index (κ3) is 2.58. The Morgan fingerprint density at radius 2 is 1.58 bits per heavy atom. The lowest BCUT2D eigenvalue weighted by molar-refractivity contribution is 0.00578. The fourth-order valence-electron chi connectivity index (χ4n) is 1.88. The normalized spacial score (nSPS) is 20.6. The maximum Gasteiger partial charge on any atom is 0.494 e. The van der Waals surface area contributed by atoms with Gasteiger partial charge in [0.2, 0.25) is 0 Å². The molecule has 3 nitrogen and oxygen atoms in total. The maximum absolute atomic E-state index is 12.3. The third-order valence-corrected chi connectivity index (χ3v) is 3.88. The summed E-state index contributed by atoms with van der Waals surface area (Å²) in [5, 5.41) is 0. The number of benzene rings is 1. The molecule has 0 unspecified atom stereocenters. The van der Waals surface area contributed by atoms with E-state index in [1.54, 1.807) is 24.3 Å².